The fraction of sp³-hybridized carbons (Fsp3) is 0.436. The SMILES string of the molecule is COc1ccc(S(=O)(=O)N2C(=O)C(c3cc(CN4CCN(C)CC4)ccc3OC)(N3C[C@H](OC(C)(C)C)C[C@H]3c3ncco3)c3cc(Cl)ccc32)cc1. The topological polar surface area (TPSA) is 118 Å². The average molecular weight is 764 g/mol. The third-order valence-electron chi connectivity index (χ3n) is 10.3. The van der Waals surface area contributed by atoms with Gasteiger partial charge in [0.1, 0.15) is 17.8 Å². The first-order valence-electron chi connectivity index (χ1n) is 17.7. The van der Waals surface area contributed by atoms with Crippen molar-refractivity contribution in [1.82, 2.24) is 19.7 Å². The largest absolute Gasteiger partial charge is 0.497 e. The molecule has 0 radical (unpaired) electrons. The summed E-state index contributed by atoms with van der Waals surface area (Å²) in [6.07, 6.45) is 3.12. The lowest BCUT2D eigenvalue weighted by Crippen LogP contribution is -2.55. The maximum atomic E-state index is 15.9. The van der Waals surface area contributed by atoms with Crippen LogP contribution >= 0.6 is 11.6 Å². The van der Waals surface area contributed by atoms with E-state index in [2.05, 4.69) is 21.8 Å². The molecule has 282 valence electrons. The molecule has 4 aromatic rings. The zero-order chi connectivity index (χ0) is 37.7. The number of piperazine rings is 1. The number of methoxy groups -OCH3 is 2. The van der Waals surface area contributed by atoms with Gasteiger partial charge in [0.05, 0.1) is 48.7 Å². The quantitative estimate of drug-likeness (QED) is 0.198. The van der Waals surface area contributed by atoms with E-state index in [0.29, 0.717) is 46.5 Å². The second kappa shape index (κ2) is 14.3. The summed E-state index contributed by atoms with van der Waals surface area (Å²) < 4.78 is 54.5. The Labute approximate surface area is 316 Å². The van der Waals surface area contributed by atoms with Gasteiger partial charge >= 0.3 is 0 Å². The summed E-state index contributed by atoms with van der Waals surface area (Å²) in [5.41, 5.74) is -0.270. The van der Waals surface area contributed by atoms with Crippen molar-refractivity contribution in [2.75, 3.05) is 58.3 Å². The van der Waals surface area contributed by atoms with E-state index in [1.807, 2.05) is 43.9 Å². The molecule has 0 bridgehead atoms. The minimum absolute atomic E-state index is 0.0706. The zero-order valence-corrected chi connectivity index (χ0v) is 32.5. The molecule has 0 saturated carbocycles. The van der Waals surface area contributed by atoms with Crippen LogP contribution in [0.15, 0.2) is 82.4 Å². The van der Waals surface area contributed by atoms with E-state index in [0.717, 1.165) is 36.0 Å². The van der Waals surface area contributed by atoms with Crippen LogP contribution < -0.4 is 13.8 Å². The van der Waals surface area contributed by atoms with Crippen LogP contribution in [-0.2, 0) is 31.6 Å². The van der Waals surface area contributed by atoms with Gasteiger partial charge < -0.3 is 23.5 Å². The van der Waals surface area contributed by atoms with Crippen LogP contribution in [-0.4, -0.2) is 99.7 Å². The molecule has 53 heavy (non-hydrogen) atoms. The molecular formula is C39H46ClN5O7S. The van der Waals surface area contributed by atoms with Gasteiger partial charge in [0, 0.05) is 55.4 Å². The molecule has 7 rings (SSSR count). The summed E-state index contributed by atoms with van der Waals surface area (Å²) in [5.74, 6) is 0.579. The first kappa shape index (κ1) is 37.3. The first-order chi connectivity index (χ1) is 25.3. The molecule has 2 fully saturated rings. The summed E-state index contributed by atoms with van der Waals surface area (Å²) >= 11 is 6.79. The van der Waals surface area contributed by atoms with E-state index >= 15 is 4.79 Å². The summed E-state index contributed by atoms with van der Waals surface area (Å²) in [7, 11) is 0.688. The lowest BCUT2D eigenvalue weighted by Gasteiger charge is -2.41. The fourth-order valence-electron chi connectivity index (χ4n) is 7.92. The average Bonchev–Trinajstić information content (AvgIpc) is 3.86. The van der Waals surface area contributed by atoms with Crippen LogP contribution in [0.25, 0.3) is 0 Å². The van der Waals surface area contributed by atoms with Crippen molar-refractivity contribution in [2.45, 2.75) is 61.9 Å². The minimum Gasteiger partial charge on any atom is -0.497 e. The number of fused-ring (bicyclic) bond motifs is 1. The standard InChI is InChI=1S/C39H46ClN5O7S/c1-38(2,3)52-29-23-34(36-41-15-20-51-36)44(25-29)39(32-21-26(7-14-35(32)50-6)24-43-18-16-42(4)17-19-43)31-22-27(40)8-13-33(31)45(37(39)46)53(47,48)30-11-9-28(49-5)10-12-30/h7-15,20-22,29,34H,16-19,23-25H2,1-6H3/t29-,34+,39?/m1/s1. The fourth-order valence-corrected chi connectivity index (χ4v) is 9.55. The molecular weight excluding hydrogens is 718 g/mol. The van der Waals surface area contributed by atoms with Gasteiger partial charge in [0.25, 0.3) is 15.9 Å². The van der Waals surface area contributed by atoms with E-state index in [1.165, 1.54) is 25.5 Å². The van der Waals surface area contributed by atoms with Crippen LogP contribution in [0.4, 0.5) is 5.69 Å². The van der Waals surface area contributed by atoms with Crippen molar-refractivity contribution in [3.63, 3.8) is 0 Å². The number of nitrogens with zero attached hydrogens (tertiary/aromatic N) is 5. The number of ether oxygens (including phenoxy) is 3. The molecule has 1 unspecified atom stereocenters. The van der Waals surface area contributed by atoms with Crippen molar-refractivity contribution in [3.8, 4) is 11.5 Å². The maximum absolute atomic E-state index is 15.9. The molecule has 3 aromatic carbocycles. The Morgan fingerprint density at radius 3 is 2.34 bits per heavy atom. The van der Waals surface area contributed by atoms with Gasteiger partial charge in [-0.25, -0.2) is 17.7 Å². The minimum atomic E-state index is -4.48. The highest BCUT2D eigenvalue weighted by Gasteiger charge is 2.64. The number of amides is 1. The Balaban J connectivity index is 1.49. The number of sulfonamides is 1. The van der Waals surface area contributed by atoms with Crippen molar-refractivity contribution in [1.29, 1.82) is 0 Å². The highest BCUT2D eigenvalue weighted by molar-refractivity contribution is 7.93. The second-order valence-electron chi connectivity index (χ2n) is 14.9. The Hall–Kier alpha value is -3.98. The van der Waals surface area contributed by atoms with Gasteiger partial charge in [-0.1, -0.05) is 17.7 Å². The van der Waals surface area contributed by atoms with Gasteiger partial charge in [0.2, 0.25) is 5.89 Å². The molecule has 0 N–H and O–H groups in total. The molecule has 4 heterocycles. The Morgan fingerprint density at radius 1 is 0.962 bits per heavy atom. The third kappa shape index (κ3) is 6.83. The summed E-state index contributed by atoms with van der Waals surface area (Å²) in [6, 6.07) is 16.1. The molecule has 3 aliphatic rings. The number of carbonyl (C=O) groups is 1. The van der Waals surface area contributed by atoms with E-state index in [4.69, 9.17) is 30.2 Å². The van der Waals surface area contributed by atoms with Gasteiger partial charge in [0.15, 0.2) is 5.54 Å². The van der Waals surface area contributed by atoms with E-state index < -0.39 is 33.1 Å². The van der Waals surface area contributed by atoms with Gasteiger partial charge in [-0.3, -0.25) is 14.6 Å². The molecule has 1 aromatic heterocycles. The van der Waals surface area contributed by atoms with Crippen molar-refractivity contribution in [2.24, 2.45) is 0 Å². The number of halogens is 1. The van der Waals surface area contributed by atoms with Crippen molar-refractivity contribution < 1.29 is 31.8 Å². The first-order valence-corrected chi connectivity index (χ1v) is 19.5. The molecule has 1 amide bonds. The molecule has 14 heteroatoms. The molecule has 3 aliphatic heterocycles. The lowest BCUT2D eigenvalue weighted by atomic mass is 9.80. The van der Waals surface area contributed by atoms with Crippen LogP contribution in [0.2, 0.25) is 5.02 Å². The number of rotatable bonds is 10. The van der Waals surface area contributed by atoms with Crippen LogP contribution in [0.5, 0.6) is 11.5 Å². The number of anilines is 1. The second-order valence-corrected chi connectivity index (χ2v) is 17.1. The number of carbonyl (C=O) groups excluding carboxylic acids is 1. The van der Waals surface area contributed by atoms with E-state index in [1.54, 1.807) is 43.6 Å². The molecule has 12 nitrogen and oxygen atoms in total. The highest BCUT2D eigenvalue weighted by atomic mass is 35.5. The Morgan fingerprint density at radius 2 is 1.70 bits per heavy atom. The number of hydrogen-bond acceptors (Lipinski definition) is 11. The molecule has 2 saturated heterocycles. The summed E-state index contributed by atoms with van der Waals surface area (Å²) in [6.45, 7) is 10.5. The maximum Gasteiger partial charge on any atom is 0.271 e. The summed E-state index contributed by atoms with van der Waals surface area (Å²) in [4.78, 5) is 27.1. The van der Waals surface area contributed by atoms with Crippen LogP contribution in [0, 0.1) is 0 Å². The predicted octanol–water partition coefficient (Wildman–Crippen LogP) is 5.70. The predicted molar refractivity (Wildman–Crippen MR) is 201 cm³/mol. The van der Waals surface area contributed by atoms with E-state index in [-0.39, 0.29) is 23.2 Å². The van der Waals surface area contributed by atoms with Gasteiger partial charge in [-0.2, -0.15) is 0 Å². The molecule has 0 aliphatic carbocycles. The Kier molecular flexibility index (Phi) is 10.1. The number of likely N-dealkylation sites (tertiary alicyclic amines) is 1. The zero-order valence-electron chi connectivity index (χ0n) is 30.9. The highest BCUT2D eigenvalue weighted by Crippen LogP contribution is 2.57. The third-order valence-corrected chi connectivity index (χ3v) is 12.2. The van der Waals surface area contributed by atoms with Crippen LogP contribution in [0.1, 0.15) is 55.8 Å². The molecule has 0 spiro atoms. The smallest absolute Gasteiger partial charge is 0.271 e. The number of hydrogen-bond donors (Lipinski definition) is 0. The lowest BCUT2D eigenvalue weighted by molar-refractivity contribution is -0.128. The van der Waals surface area contributed by atoms with E-state index in [9.17, 15) is 8.42 Å². The van der Waals surface area contributed by atoms with Crippen LogP contribution in [0.3, 0.4) is 0 Å². The number of benzene rings is 3. The number of aromatic nitrogens is 1. The Bertz CT molecular complexity index is 2060. The van der Waals surface area contributed by atoms with Crippen molar-refractivity contribution >= 4 is 33.2 Å². The molecule has 3 atom stereocenters. The normalized spacial score (nSPS) is 23.1. The number of likely N-dealkylation sites (N-methyl/N-ethyl adjacent to an activating group) is 1. The van der Waals surface area contributed by atoms with Gasteiger partial charge in [-0.05, 0) is 94.4 Å². The van der Waals surface area contributed by atoms with Crippen molar-refractivity contribution in [3.05, 3.63) is 101 Å². The monoisotopic (exact) mass is 763 g/mol. The van der Waals surface area contributed by atoms with Gasteiger partial charge in [-0.15, -0.1) is 0 Å². The summed E-state index contributed by atoms with van der Waals surface area (Å²) in [5, 5.41) is 0.339. The number of oxazole rings is 1.